The third kappa shape index (κ3) is 3.03. The molecule has 36 heavy (non-hydrogen) atoms. The van der Waals surface area contributed by atoms with E-state index >= 15 is 0 Å². The first-order valence-corrected chi connectivity index (χ1v) is 12.5. The van der Waals surface area contributed by atoms with E-state index in [4.69, 9.17) is 4.42 Å². The Morgan fingerprint density at radius 3 is 1.78 bits per heavy atom. The molecule has 0 bridgehead atoms. The Kier molecular flexibility index (Phi) is 4.56. The lowest BCUT2D eigenvalue weighted by molar-refractivity contribution is 0.602. The summed E-state index contributed by atoms with van der Waals surface area (Å²) in [5.74, 6) is 1.86. The highest BCUT2D eigenvalue weighted by Crippen LogP contribution is 2.53. The van der Waals surface area contributed by atoms with Crippen LogP contribution in [0.5, 0.6) is 0 Å². The SMILES string of the molecule is CC1(C)c2ccccc2-c2c(-c3oc(-c4ccc(-c5ccccc5)cc4)c4ccccc34)cccc21. The molecule has 0 amide bonds. The van der Waals surface area contributed by atoms with Crippen LogP contribution in [0.25, 0.3) is 55.7 Å². The largest absolute Gasteiger partial charge is 0.455 e. The molecule has 1 heterocycles. The van der Waals surface area contributed by atoms with Crippen LogP contribution in [0.3, 0.4) is 0 Å². The van der Waals surface area contributed by atoms with Crippen LogP contribution in [-0.2, 0) is 5.41 Å². The van der Waals surface area contributed by atoms with Crippen molar-refractivity contribution in [3.05, 3.63) is 132 Å². The van der Waals surface area contributed by atoms with E-state index in [2.05, 4.69) is 129 Å². The molecule has 1 aromatic heterocycles. The highest BCUT2D eigenvalue weighted by Gasteiger charge is 2.37. The minimum atomic E-state index is -0.0412. The van der Waals surface area contributed by atoms with Crippen molar-refractivity contribution in [1.29, 1.82) is 0 Å². The molecule has 7 rings (SSSR count). The molecule has 6 aromatic rings. The van der Waals surface area contributed by atoms with E-state index in [9.17, 15) is 0 Å². The standard InChI is InChI=1S/C35H26O/c1-35(2)30-17-9-8-15-28(30)32-29(16-10-18-31(32)35)34-27-14-7-6-13-26(27)33(36-34)25-21-19-24(20-22-25)23-11-4-3-5-12-23/h3-22H,1-2H3. The van der Waals surface area contributed by atoms with E-state index in [0.29, 0.717) is 0 Å². The molecule has 0 spiro atoms. The molecule has 0 N–H and O–H groups in total. The summed E-state index contributed by atoms with van der Waals surface area (Å²) in [5.41, 5.74) is 9.96. The Balaban J connectivity index is 1.43. The second kappa shape index (κ2) is 7.83. The maximum atomic E-state index is 6.79. The van der Waals surface area contributed by atoms with Gasteiger partial charge in [-0.05, 0) is 33.4 Å². The van der Waals surface area contributed by atoms with Gasteiger partial charge in [0.15, 0.2) is 0 Å². The normalized spacial score (nSPS) is 13.5. The summed E-state index contributed by atoms with van der Waals surface area (Å²) in [6.07, 6.45) is 0. The van der Waals surface area contributed by atoms with Crippen LogP contribution >= 0.6 is 0 Å². The maximum Gasteiger partial charge on any atom is 0.143 e. The lowest BCUT2D eigenvalue weighted by Crippen LogP contribution is -2.14. The second-order valence-corrected chi connectivity index (χ2v) is 10.1. The van der Waals surface area contributed by atoms with Crippen LogP contribution in [0.1, 0.15) is 25.0 Å². The van der Waals surface area contributed by atoms with Gasteiger partial charge >= 0.3 is 0 Å². The Labute approximate surface area is 211 Å². The number of rotatable bonds is 3. The van der Waals surface area contributed by atoms with Gasteiger partial charge in [0.25, 0.3) is 0 Å². The fourth-order valence-electron chi connectivity index (χ4n) is 5.89. The molecule has 172 valence electrons. The zero-order valence-electron chi connectivity index (χ0n) is 20.5. The quantitative estimate of drug-likeness (QED) is 0.255. The molecule has 0 atom stereocenters. The number of fused-ring (bicyclic) bond motifs is 4. The fraction of sp³-hybridized carbons (Fsp3) is 0.0857. The monoisotopic (exact) mass is 462 g/mol. The van der Waals surface area contributed by atoms with Crippen molar-refractivity contribution < 1.29 is 4.42 Å². The van der Waals surface area contributed by atoms with Gasteiger partial charge in [0.1, 0.15) is 11.5 Å². The first kappa shape index (κ1) is 21.0. The van der Waals surface area contributed by atoms with Crippen LogP contribution in [0, 0.1) is 0 Å². The van der Waals surface area contributed by atoms with Crippen LogP contribution in [0.4, 0.5) is 0 Å². The Hall–Kier alpha value is -4.36. The minimum Gasteiger partial charge on any atom is -0.455 e. The van der Waals surface area contributed by atoms with E-state index in [1.54, 1.807) is 0 Å². The predicted molar refractivity (Wildman–Crippen MR) is 150 cm³/mol. The summed E-state index contributed by atoms with van der Waals surface area (Å²) in [4.78, 5) is 0. The van der Waals surface area contributed by atoms with Crippen molar-refractivity contribution >= 4 is 10.8 Å². The molecule has 5 aromatic carbocycles. The summed E-state index contributed by atoms with van der Waals surface area (Å²) in [7, 11) is 0. The lowest BCUT2D eigenvalue weighted by atomic mass is 9.82. The van der Waals surface area contributed by atoms with E-state index in [1.165, 1.54) is 33.4 Å². The topological polar surface area (TPSA) is 13.1 Å². The molecule has 0 unspecified atom stereocenters. The van der Waals surface area contributed by atoms with Crippen molar-refractivity contribution in [2.45, 2.75) is 19.3 Å². The molecule has 0 aliphatic heterocycles. The predicted octanol–water partition coefficient (Wildman–Crippen LogP) is 9.74. The van der Waals surface area contributed by atoms with E-state index in [1.807, 2.05) is 6.07 Å². The van der Waals surface area contributed by atoms with Gasteiger partial charge in [0.2, 0.25) is 0 Å². The van der Waals surface area contributed by atoms with Crippen LogP contribution in [0.2, 0.25) is 0 Å². The molecule has 0 saturated heterocycles. The number of hydrogen-bond donors (Lipinski definition) is 0. The summed E-state index contributed by atoms with van der Waals surface area (Å²) in [6.45, 7) is 4.64. The molecule has 0 radical (unpaired) electrons. The average molecular weight is 463 g/mol. The molecule has 1 aliphatic rings. The summed E-state index contributed by atoms with van der Waals surface area (Å²) in [6, 6.07) is 43.2. The second-order valence-electron chi connectivity index (χ2n) is 10.1. The van der Waals surface area contributed by atoms with E-state index < -0.39 is 0 Å². The minimum absolute atomic E-state index is 0.0412. The van der Waals surface area contributed by atoms with Crippen molar-refractivity contribution in [1.82, 2.24) is 0 Å². The highest BCUT2D eigenvalue weighted by atomic mass is 16.3. The molecule has 1 aliphatic carbocycles. The first-order chi connectivity index (χ1) is 17.6. The first-order valence-electron chi connectivity index (χ1n) is 12.5. The maximum absolute atomic E-state index is 6.79. The van der Waals surface area contributed by atoms with Crippen LogP contribution in [0.15, 0.2) is 126 Å². The molecular formula is C35H26O. The summed E-state index contributed by atoms with van der Waals surface area (Å²) in [5, 5.41) is 2.29. The van der Waals surface area contributed by atoms with E-state index in [-0.39, 0.29) is 5.41 Å². The summed E-state index contributed by atoms with van der Waals surface area (Å²) >= 11 is 0. The lowest BCUT2D eigenvalue weighted by Gasteiger charge is -2.21. The number of benzene rings is 5. The van der Waals surface area contributed by atoms with Gasteiger partial charge in [-0.25, -0.2) is 0 Å². The van der Waals surface area contributed by atoms with Crippen molar-refractivity contribution in [2.75, 3.05) is 0 Å². The zero-order chi connectivity index (χ0) is 24.3. The third-order valence-corrected chi connectivity index (χ3v) is 7.73. The fourth-order valence-corrected chi connectivity index (χ4v) is 5.89. The average Bonchev–Trinajstić information content (AvgIpc) is 3.43. The molecule has 0 saturated carbocycles. The van der Waals surface area contributed by atoms with Gasteiger partial charge < -0.3 is 4.42 Å². The van der Waals surface area contributed by atoms with Gasteiger partial charge in [0.05, 0.1) is 0 Å². The van der Waals surface area contributed by atoms with E-state index in [0.717, 1.165) is 33.4 Å². The third-order valence-electron chi connectivity index (χ3n) is 7.73. The smallest absolute Gasteiger partial charge is 0.143 e. The van der Waals surface area contributed by atoms with Crippen molar-refractivity contribution in [2.24, 2.45) is 0 Å². The summed E-state index contributed by atoms with van der Waals surface area (Å²) < 4.78 is 6.79. The van der Waals surface area contributed by atoms with Gasteiger partial charge in [-0.2, -0.15) is 0 Å². The molecular weight excluding hydrogens is 436 g/mol. The molecule has 1 nitrogen and oxygen atoms in total. The van der Waals surface area contributed by atoms with Gasteiger partial charge in [-0.1, -0.05) is 135 Å². The van der Waals surface area contributed by atoms with Crippen LogP contribution < -0.4 is 0 Å². The number of furan rings is 1. The Morgan fingerprint density at radius 1 is 0.444 bits per heavy atom. The van der Waals surface area contributed by atoms with Crippen molar-refractivity contribution in [3.63, 3.8) is 0 Å². The Bertz CT molecular complexity index is 1730. The Morgan fingerprint density at radius 2 is 1.00 bits per heavy atom. The van der Waals surface area contributed by atoms with Gasteiger partial charge in [-0.3, -0.25) is 0 Å². The van der Waals surface area contributed by atoms with Crippen LogP contribution in [-0.4, -0.2) is 0 Å². The number of hydrogen-bond acceptors (Lipinski definition) is 1. The highest BCUT2D eigenvalue weighted by molar-refractivity contribution is 6.06. The molecule has 1 heteroatoms. The van der Waals surface area contributed by atoms with Gasteiger partial charge in [0, 0.05) is 27.3 Å². The zero-order valence-corrected chi connectivity index (χ0v) is 20.5. The van der Waals surface area contributed by atoms with Gasteiger partial charge in [-0.15, -0.1) is 0 Å². The van der Waals surface area contributed by atoms with Crippen molar-refractivity contribution in [3.8, 4) is 44.9 Å². The molecule has 0 fully saturated rings.